The molecule has 0 bridgehead atoms. The van der Waals surface area contributed by atoms with E-state index in [0.29, 0.717) is 32.6 Å². The molecule has 8 nitrogen and oxygen atoms in total. The first-order valence-corrected chi connectivity index (χ1v) is 14.9. The van der Waals surface area contributed by atoms with Gasteiger partial charge in [0.1, 0.15) is 11.0 Å². The third-order valence-electron chi connectivity index (χ3n) is 6.92. The molecule has 0 spiro atoms. The van der Waals surface area contributed by atoms with Gasteiger partial charge >= 0.3 is 4.87 Å². The van der Waals surface area contributed by atoms with E-state index in [9.17, 15) is 19.2 Å². The third-order valence-corrected chi connectivity index (χ3v) is 9.82. The summed E-state index contributed by atoms with van der Waals surface area (Å²) >= 11 is 5.75. The van der Waals surface area contributed by atoms with Gasteiger partial charge in [-0.05, 0) is 48.9 Å². The van der Waals surface area contributed by atoms with Crippen LogP contribution in [0.5, 0.6) is 5.75 Å². The standard InChI is InChI=1S/C29H22BrN3O5S2/c1-15-7-5-6-10-19(15)31-21(34)14-38-20-12-11-16(30)13-18(20)22-23-25(39-26-24(22)40-29(37)32-26)28(36)33(27(23)35)17-8-3-2-4-9-17/h2-13,22-23,25H,14H2,1H3,(H,31,34)(H,32,37)/t22-,23?,25?/m1/s1. The summed E-state index contributed by atoms with van der Waals surface area (Å²) in [6.45, 7) is 1.64. The van der Waals surface area contributed by atoms with E-state index >= 15 is 0 Å². The van der Waals surface area contributed by atoms with Crippen LogP contribution in [0, 0.1) is 12.8 Å². The Morgan fingerprint density at radius 3 is 2.55 bits per heavy atom. The highest BCUT2D eigenvalue weighted by molar-refractivity contribution is 9.10. The van der Waals surface area contributed by atoms with Crippen molar-refractivity contribution in [3.8, 4) is 5.75 Å². The predicted molar refractivity (Wildman–Crippen MR) is 158 cm³/mol. The minimum atomic E-state index is -0.769. The van der Waals surface area contributed by atoms with E-state index in [4.69, 9.17) is 4.74 Å². The first-order valence-electron chi connectivity index (χ1n) is 12.4. The second kappa shape index (κ2) is 10.7. The lowest BCUT2D eigenvalue weighted by Crippen LogP contribution is -2.32. The normalized spacial score (nSPS) is 19.8. The van der Waals surface area contributed by atoms with Crippen LogP contribution in [0.4, 0.5) is 11.4 Å². The van der Waals surface area contributed by atoms with Crippen molar-refractivity contribution in [3.05, 3.63) is 103 Å². The van der Waals surface area contributed by atoms with Crippen molar-refractivity contribution in [2.45, 2.75) is 23.1 Å². The molecular formula is C29H22BrN3O5S2. The number of fused-ring (bicyclic) bond motifs is 2. The summed E-state index contributed by atoms with van der Waals surface area (Å²) in [5.74, 6) is -2.02. The number of para-hydroxylation sites is 2. The SMILES string of the molecule is Cc1ccccc1NC(=O)COc1ccc(Br)cc1[C@H]1c2sc(=O)[nH]c2SC2C(=O)N(c3ccccc3)C(=O)C21. The summed E-state index contributed by atoms with van der Waals surface area (Å²) in [5.41, 5.74) is 2.73. The van der Waals surface area contributed by atoms with Crippen LogP contribution in [-0.2, 0) is 14.4 Å². The van der Waals surface area contributed by atoms with E-state index in [0.717, 1.165) is 21.4 Å². The molecule has 3 amide bonds. The van der Waals surface area contributed by atoms with Gasteiger partial charge in [0, 0.05) is 26.5 Å². The minimum absolute atomic E-state index is 0.266. The number of thioether (sulfide) groups is 1. The minimum Gasteiger partial charge on any atom is -0.483 e. The maximum absolute atomic E-state index is 13.9. The van der Waals surface area contributed by atoms with E-state index in [-0.39, 0.29) is 29.2 Å². The number of nitrogens with zero attached hydrogens (tertiary/aromatic N) is 1. The summed E-state index contributed by atoms with van der Waals surface area (Å²) in [6.07, 6.45) is 0. The van der Waals surface area contributed by atoms with Gasteiger partial charge in [0.2, 0.25) is 11.8 Å². The number of carbonyl (C=O) groups is 3. The molecule has 3 heterocycles. The number of aryl methyl sites for hydroxylation is 1. The Kier molecular flexibility index (Phi) is 7.11. The topological polar surface area (TPSA) is 109 Å². The number of aromatic amines is 1. The van der Waals surface area contributed by atoms with Crippen LogP contribution in [0.3, 0.4) is 0 Å². The summed E-state index contributed by atoms with van der Waals surface area (Å²) < 4.78 is 6.76. The van der Waals surface area contributed by atoms with Crippen molar-refractivity contribution >= 4 is 68.1 Å². The van der Waals surface area contributed by atoms with Crippen molar-refractivity contribution in [1.82, 2.24) is 4.98 Å². The van der Waals surface area contributed by atoms with Gasteiger partial charge in [0.15, 0.2) is 6.61 Å². The van der Waals surface area contributed by atoms with Crippen LogP contribution in [0.25, 0.3) is 0 Å². The Bertz CT molecular complexity index is 1700. The lowest BCUT2D eigenvalue weighted by atomic mass is 9.82. The molecule has 4 aromatic rings. The second-order valence-electron chi connectivity index (χ2n) is 9.43. The summed E-state index contributed by atoms with van der Waals surface area (Å²) in [4.78, 5) is 57.3. The Balaban J connectivity index is 1.37. The van der Waals surface area contributed by atoms with Crippen LogP contribution < -0.4 is 19.8 Å². The number of nitrogens with one attached hydrogen (secondary N) is 2. The van der Waals surface area contributed by atoms with E-state index in [1.165, 1.54) is 16.7 Å². The van der Waals surface area contributed by atoms with Gasteiger partial charge in [0.05, 0.1) is 16.6 Å². The quantitative estimate of drug-likeness (QED) is 0.278. The molecule has 3 aromatic carbocycles. The number of amides is 3. The number of rotatable bonds is 6. The average Bonchev–Trinajstić information content (AvgIpc) is 3.43. The number of thiazole rings is 1. The van der Waals surface area contributed by atoms with E-state index < -0.39 is 17.1 Å². The zero-order valence-corrected chi connectivity index (χ0v) is 24.3. The molecule has 0 radical (unpaired) electrons. The molecule has 2 aliphatic heterocycles. The first-order chi connectivity index (χ1) is 19.3. The lowest BCUT2D eigenvalue weighted by Gasteiger charge is -2.31. The molecule has 2 aliphatic rings. The maximum atomic E-state index is 13.9. The number of H-pyrrole nitrogens is 1. The predicted octanol–water partition coefficient (Wildman–Crippen LogP) is 5.32. The fraction of sp³-hybridized carbons (Fsp3) is 0.172. The number of carbonyl (C=O) groups excluding carboxylic acids is 3. The van der Waals surface area contributed by atoms with Gasteiger partial charge in [-0.3, -0.25) is 19.2 Å². The number of ether oxygens (including phenoxy) is 1. The Morgan fingerprint density at radius 1 is 1.02 bits per heavy atom. The van der Waals surface area contributed by atoms with Gasteiger partial charge < -0.3 is 15.0 Å². The smallest absolute Gasteiger partial charge is 0.305 e. The Morgan fingerprint density at radius 2 is 1.77 bits per heavy atom. The molecule has 1 fully saturated rings. The zero-order chi connectivity index (χ0) is 28.0. The van der Waals surface area contributed by atoms with E-state index in [2.05, 4.69) is 26.2 Å². The highest BCUT2D eigenvalue weighted by Crippen LogP contribution is 2.54. The molecule has 0 aliphatic carbocycles. The number of anilines is 2. The van der Waals surface area contributed by atoms with Crippen molar-refractivity contribution in [1.29, 1.82) is 0 Å². The number of hydrogen-bond donors (Lipinski definition) is 2. The molecule has 2 unspecified atom stereocenters. The number of imide groups is 1. The summed E-state index contributed by atoms with van der Waals surface area (Å²) in [6, 6.07) is 21.6. The van der Waals surface area contributed by atoms with Crippen LogP contribution in [-0.4, -0.2) is 34.6 Å². The van der Waals surface area contributed by atoms with Crippen LogP contribution >= 0.6 is 39.0 Å². The largest absolute Gasteiger partial charge is 0.483 e. The third kappa shape index (κ3) is 4.78. The Hall–Kier alpha value is -3.67. The summed E-state index contributed by atoms with van der Waals surface area (Å²) in [7, 11) is 0. The van der Waals surface area contributed by atoms with Gasteiger partial charge in [0.25, 0.3) is 5.91 Å². The zero-order valence-electron chi connectivity index (χ0n) is 21.1. The van der Waals surface area contributed by atoms with Gasteiger partial charge in [-0.2, -0.15) is 0 Å². The average molecular weight is 637 g/mol. The van der Waals surface area contributed by atoms with E-state index in [1.54, 1.807) is 36.4 Å². The fourth-order valence-corrected chi connectivity index (χ4v) is 8.01. The number of aromatic nitrogens is 1. The van der Waals surface area contributed by atoms with Crippen molar-refractivity contribution in [2.24, 2.45) is 5.92 Å². The van der Waals surface area contributed by atoms with Crippen molar-refractivity contribution < 1.29 is 19.1 Å². The van der Waals surface area contributed by atoms with Gasteiger partial charge in [-0.1, -0.05) is 75.4 Å². The molecule has 40 heavy (non-hydrogen) atoms. The fourth-order valence-electron chi connectivity index (χ4n) is 5.12. The van der Waals surface area contributed by atoms with Crippen LogP contribution in [0.1, 0.15) is 21.9 Å². The highest BCUT2D eigenvalue weighted by Gasteiger charge is 2.56. The first kappa shape index (κ1) is 26.5. The molecule has 6 rings (SSSR count). The van der Waals surface area contributed by atoms with Crippen LogP contribution in [0.2, 0.25) is 0 Å². The molecule has 0 saturated carbocycles. The number of hydrogen-bond acceptors (Lipinski definition) is 7. The summed E-state index contributed by atoms with van der Waals surface area (Å²) in [5, 5.41) is 2.70. The number of benzene rings is 3. The van der Waals surface area contributed by atoms with Crippen molar-refractivity contribution in [2.75, 3.05) is 16.8 Å². The molecule has 1 saturated heterocycles. The maximum Gasteiger partial charge on any atom is 0.305 e. The number of halogens is 1. The van der Waals surface area contributed by atoms with Gasteiger partial charge in [-0.25, -0.2) is 4.90 Å². The highest BCUT2D eigenvalue weighted by atomic mass is 79.9. The van der Waals surface area contributed by atoms with Gasteiger partial charge in [-0.15, -0.1) is 0 Å². The molecule has 202 valence electrons. The van der Waals surface area contributed by atoms with Crippen molar-refractivity contribution in [3.63, 3.8) is 0 Å². The molecule has 1 aromatic heterocycles. The lowest BCUT2D eigenvalue weighted by molar-refractivity contribution is -0.122. The monoisotopic (exact) mass is 635 g/mol. The second-order valence-corrected chi connectivity index (χ2v) is 12.5. The molecule has 11 heteroatoms. The van der Waals surface area contributed by atoms with Crippen LogP contribution in [0.15, 0.2) is 87.1 Å². The molecular weight excluding hydrogens is 614 g/mol. The molecule has 3 atom stereocenters. The van der Waals surface area contributed by atoms with E-state index in [1.807, 2.05) is 43.3 Å². The Labute approximate surface area is 245 Å². The molecule has 2 N–H and O–H groups in total.